The van der Waals surface area contributed by atoms with E-state index in [0.717, 1.165) is 12.6 Å². The molecule has 0 spiro atoms. The monoisotopic (exact) mass is 437 g/mol. The minimum absolute atomic E-state index is 0.168. The third-order valence-corrected chi connectivity index (χ3v) is 6.95. The van der Waals surface area contributed by atoms with Crippen molar-refractivity contribution in [2.45, 2.75) is 37.8 Å². The Kier molecular flexibility index (Phi) is 7.63. The van der Waals surface area contributed by atoms with Gasteiger partial charge in [-0.1, -0.05) is 6.92 Å². The molecule has 2 rings (SSSR count). The number of nitrogens with zero attached hydrogens (tertiary/aromatic N) is 3. The van der Waals surface area contributed by atoms with Gasteiger partial charge in [0.05, 0.1) is 12.8 Å². The molecular formula is C18H26F3N3O4S. The van der Waals surface area contributed by atoms with Crippen LogP contribution in [0.2, 0.25) is 0 Å². The van der Waals surface area contributed by atoms with Crippen LogP contribution in [0.5, 0.6) is 0 Å². The summed E-state index contributed by atoms with van der Waals surface area (Å²) < 4.78 is 69.9. The summed E-state index contributed by atoms with van der Waals surface area (Å²) in [7, 11) is -2.57. The lowest BCUT2D eigenvalue weighted by Crippen LogP contribution is -2.49. The molecule has 0 N–H and O–H groups in total. The summed E-state index contributed by atoms with van der Waals surface area (Å²) in [6.07, 6.45) is -3.60. The number of methoxy groups -OCH3 is 1. The van der Waals surface area contributed by atoms with Crippen molar-refractivity contribution in [1.29, 1.82) is 0 Å². The number of rotatable bonds is 7. The van der Waals surface area contributed by atoms with Crippen LogP contribution in [0.15, 0.2) is 17.0 Å². The number of hydrogen-bond donors (Lipinski definition) is 0. The molecule has 0 aromatic carbocycles. The molecule has 29 heavy (non-hydrogen) atoms. The van der Waals surface area contributed by atoms with Gasteiger partial charge in [0.1, 0.15) is 10.6 Å². The molecule has 7 nitrogen and oxygen atoms in total. The summed E-state index contributed by atoms with van der Waals surface area (Å²) >= 11 is 0. The van der Waals surface area contributed by atoms with E-state index in [4.69, 9.17) is 0 Å². The lowest BCUT2D eigenvalue weighted by Gasteiger charge is -2.35. The first-order valence-electron chi connectivity index (χ1n) is 9.29. The zero-order chi connectivity index (χ0) is 21.8. The minimum Gasteiger partial charge on any atom is -0.469 e. The van der Waals surface area contributed by atoms with E-state index in [2.05, 4.69) is 14.6 Å². The quantitative estimate of drug-likeness (QED) is 0.609. The van der Waals surface area contributed by atoms with Crippen molar-refractivity contribution >= 4 is 16.0 Å². The first-order chi connectivity index (χ1) is 13.4. The summed E-state index contributed by atoms with van der Waals surface area (Å²) in [6, 6.07) is 1.67. The number of alkyl halides is 3. The topological polar surface area (TPSA) is 79.8 Å². The summed E-state index contributed by atoms with van der Waals surface area (Å²) in [5.41, 5.74) is -1.28. The van der Waals surface area contributed by atoms with Crippen molar-refractivity contribution in [3.8, 4) is 0 Å². The van der Waals surface area contributed by atoms with Crippen LogP contribution in [-0.4, -0.2) is 68.4 Å². The van der Waals surface area contributed by atoms with Crippen LogP contribution in [0.25, 0.3) is 0 Å². The average molecular weight is 437 g/mol. The predicted molar refractivity (Wildman–Crippen MR) is 99.6 cm³/mol. The SMILES string of the molecule is COC(=O)CCC(C)CN1CCN(S(=O)(=O)c2ccc(C(F)(F)F)nc2C)CC1. The molecule has 0 amide bonds. The van der Waals surface area contributed by atoms with Crippen molar-refractivity contribution in [2.75, 3.05) is 39.8 Å². The molecule has 1 aromatic heterocycles. The molecule has 1 atom stereocenters. The lowest BCUT2D eigenvalue weighted by atomic mass is 10.0. The van der Waals surface area contributed by atoms with Gasteiger partial charge in [0.15, 0.2) is 0 Å². The van der Waals surface area contributed by atoms with E-state index in [1.807, 2.05) is 6.92 Å². The summed E-state index contributed by atoms with van der Waals surface area (Å²) in [6.45, 7) is 5.51. The second kappa shape index (κ2) is 9.40. The van der Waals surface area contributed by atoms with Crippen molar-refractivity contribution in [3.05, 3.63) is 23.5 Å². The Balaban J connectivity index is 1.97. The van der Waals surface area contributed by atoms with E-state index in [0.29, 0.717) is 32.0 Å². The third kappa shape index (κ3) is 6.13. The van der Waals surface area contributed by atoms with E-state index in [9.17, 15) is 26.4 Å². The standard InChI is InChI=1S/C18H26F3N3O4S/c1-13(4-7-17(25)28-3)12-23-8-10-24(11-9-23)29(26,27)15-5-6-16(18(19,20)21)22-14(15)2/h5-6,13H,4,7-12H2,1-3H3. The van der Waals surface area contributed by atoms with Gasteiger partial charge in [0, 0.05) is 39.1 Å². The van der Waals surface area contributed by atoms with E-state index in [1.165, 1.54) is 18.3 Å². The number of aryl methyl sites for hydroxylation is 1. The van der Waals surface area contributed by atoms with Gasteiger partial charge in [-0.05, 0) is 31.4 Å². The Morgan fingerprint density at radius 2 is 1.86 bits per heavy atom. The number of carbonyl (C=O) groups excluding carboxylic acids is 1. The second-order valence-electron chi connectivity index (χ2n) is 7.20. The highest BCUT2D eigenvalue weighted by Crippen LogP contribution is 2.30. The summed E-state index contributed by atoms with van der Waals surface area (Å²) in [5, 5.41) is 0. The third-order valence-electron chi connectivity index (χ3n) is 4.92. The molecule has 1 saturated heterocycles. The molecule has 11 heteroatoms. The molecule has 1 unspecified atom stereocenters. The maximum Gasteiger partial charge on any atom is 0.433 e. The number of ether oxygens (including phenoxy) is 1. The van der Waals surface area contributed by atoms with Gasteiger partial charge in [-0.15, -0.1) is 0 Å². The van der Waals surface area contributed by atoms with Crippen molar-refractivity contribution in [3.63, 3.8) is 0 Å². The smallest absolute Gasteiger partial charge is 0.433 e. The number of halogens is 3. The highest BCUT2D eigenvalue weighted by molar-refractivity contribution is 7.89. The molecule has 164 valence electrons. The Morgan fingerprint density at radius 3 is 2.38 bits per heavy atom. The molecular weight excluding hydrogens is 411 g/mol. The zero-order valence-corrected chi connectivity index (χ0v) is 17.5. The largest absolute Gasteiger partial charge is 0.469 e. The van der Waals surface area contributed by atoms with Crippen molar-refractivity contribution in [1.82, 2.24) is 14.2 Å². The average Bonchev–Trinajstić information content (AvgIpc) is 2.65. The number of piperazine rings is 1. The van der Waals surface area contributed by atoms with Crippen LogP contribution in [0, 0.1) is 12.8 Å². The number of sulfonamides is 1. The fourth-order valence-electron chi connectivity index (χ4n) is 3.27. The molecule has 1 aliphatic rings. The Morgan fingerprint density at radius 1 is 1.24 bits per heavy atom. The molecule has 0 saturated carbocycles. The molecule has 2 heterocycles. The number of aromatic nitrogens is 1. The Bertz CT molecular complexity index is 822. The number of carbonyl (C=O) groups is 1. The van der Waals surface area contributed by atoms with Gasteiger partial charge in [0.2, 0.25) is 10.0 Å². The van der Waals surface area contributed by atoms with Crippen LogP contribution in [-0.2, 0) is 25.7 Å². The van der Waals surface area contributed by atoms with E-state index in [-0.39, 0.29) is 35.6 Å². The molecule has 0 aliphatic carbocycles. The van der Waals surface area contributed by atoms with Crippen LogP contribution in [0.1, 0.15) is 31.2 Å². The van der Waals surface area contributed by atoms with Gasteiger partial charge in [-0.3, -0.25) is 4.79 Å². The van der Waals surface area contributed by atoms with Crippen LogP contribution in [0.3, 0.4) is 0 Å². The van der Waals surface area contributed by atoms with Crippen LogP contribution in [0.4, 0.5) is 13.2 Å². The van der Waals surface area contributed by atoms with Gasteiger partial charge in [-0.25, -0.2) is 13.4 Å². The Labute approximate surface area is 168 Å². The van der Waals surface area contributed by atoms with E-state index >= 15 is 0 Å². The van der Waals surface area contributed by atoms with Gasteiger partial charge in [-0.2, -0.15) is 17.5 Å². The van der Waals surface area contributed by atoms with Gasteiger partial charge in [0.25, 0.3) is 0 Å². The van der Waals surface area contributed by atoms with Crippen LogP contribution >= 0.6 is 0 Å². The fourth-order valence-corrected chi connectivity index (χ4v) is 4.85. The molecule has 0 bridgehead atoms. The van der Waals surface area contributed by atoms with Crippen molar-refractivity contribution < 1.29 is 31.1 Å². The van der Waals surface area contributed by atoms with E-state index < -0.39 is 21.9 Å². The fraction of sp³-hybridized carbons (Fsp3) is 0.667. The van der Waals surface area contributed by atoms with Crippen LogP contribution < -0.4 is 0 Å². The summed E-state index contributed by atoms with van der Waals surface area (Å²) in [5.74, 6) is -0.00750. The highest BCUT2D eigenvalue weighted by Gasteiger charge is 2.35. The van der Waals surface area contributed by atoms with Gasteiger partial charge < -0.3 is 9.64 Å². The first-order valence-corrected chi connectivity index (χ1v) is 10.7. The maximum atomic E-state index is 12.8. The van der Waals surface area contributed by atoms with E-state index in [1.54, 1.807) is 0 Å². The number of esters is 1. The Hall–Kier alpha value is -1.72. The number of pyridine rings is 1. The zero-order valence-electron chi connectivity index (χ0n) is 16.7. The van der Waals surface area contributed by atoms with Crippen molar-refractivity contribution in [2.24, 2.45) is 5.92 Å². The van der Waals surface area contributed by atoms with Gasteiger partial charge >= 0.3 is 12.1 Å². The lowest BCUT2D eigenvalue weighted by molar-refractivity contribution is -0.142. The molecule has 0 radical (unpaired) electrons. The highest BCUT2D eigenvalue weighted by atomic mass is 32.2. The first kappa shape index (κ1) is 23.6. The maximum absolute atomic E-state index is 12.8. The predicted octanol–water partition coefficient (Wildman–Crippen LogP) is 2.30. The summed E-state index contributed by atoms with van der Waals surface area (Å²) in [4.78, 5) is 16.6. The molecule has 1 fully saturated rings. The minimum atomic E-state index is -4.62. The molecule has 1 aliphatic heterocycles. The molecule has 1 aromatic rings. The second-order valence-corrected chi connectivity index (χ2v) is 9.11. The number of hydrogen-bond acceptors (Lipinski definition) is 6. The normalized spacial score (nSPS) is 17.9.